The van der Waals surface area contributed by atoms with E-state index >= 15 is 0 Å². The minimum atomic E-state index is -0.148. The molecule has 4 unspecified atom stereocenters. The van der Waals surface area contributed by atoms with Gasteiger partial charge in [-0.15, -0.1) is 0 Å². The summed E-state index contributed by atoms with van der Waals surface area (Å²) in [5.41, 5.74) is 2.38. The first kappa shape index (κ1) is 13.2. The van der Waals surface area contributed by atoms with E-state index in [0.717, 1.165) is 5.92 Å². The van der Waals surface area contributed by atoms with Gasteiger partial charge in [-0.3, -0.25) is 4.79 Å². The molecule has 106 valence electrons. The van der Waals surface area contributed by atoms with Crippen molar-refractivity contribution >= 4 is 5.97 Å². The predicted octanol–water partition coefficient (Wildman–Crippen LogP) is 4.10. The van der Waals surface area contributed by atoms with Crippen LogP contribution in [0.5, 0.6) is 0 Å². The van der Waals surface area contributed by atoms with Crippen LogP contribution in [-0.4, -0.2) is 12.6 Å². The Morgan fingerprint density at radius 1 is 1.42 bits per heavy atom. The van der Waals surface area contributed by atoms with Gasteiger partial charge in [-0.25, -0.2) is 0 Å². The Hall–Kier alpha value is -0.790. The van der Waals surface area contributed by atoms with Crippen LogP contribution in [0.4, 0.5) is 0 Å². The number of allylic oxidation sites excluding steroid dienone is 1. The van der Waals surface area contributed by atoms with Gasteiger partial charge in [0, 0.05) is 17.8 Å². The van der Waals surface area contributed by atoms with Crippen molar-refractivity contribution in [2.45, 2.75) is 59.8 Å². The maximum atomic E-state index is 11.2. The Balaban J connectivity index is 2.02. The van der Waals surface area contributed by atoms with E-state index in [9.17, 15) is 4.79 Å². The third kappa shape index (κ3) is 1.35. The average molecular weight is 262 g/mol. The summed E-state index contributed by atoms with van der Waals surface area (Å²) in [6.07, 6.45) is 9.08. The van der Waals surface area contributed by atoms with E-state index in [-0.39, 0.29) is 11.4 Å². The summed E-state index contributed by atoms with van der Waals surface area (Å²) in [7, 11) is 0. The summed E-state index contributed by atoms with van der Waals surface area (Å²) >= 11 is 0. The molecular formula is C17H26O2. The van der Waals surface area contributed by atoms with E-state index in [4.69, 9.17) is 4.74 Å². The molecule has 0 bridgehead atoms. The van der Waals surface area contributed by atoms with Gasteiger partial charge in [-0.1, -0.05) is 31.9 Å². The minimum Gasteiger partial charge on any atom is -0.465 e. The average Bonchev–Trinajstić information content (AvgIpc) is 2.90. The van der Waals surface area contributed by atoms with E-state index < -0.39 is 0 Å². The van der Waals surface area contributed by atoms with Crippen LogP contribution in [0.15, 0.2) is 11.6 Å². The molecule has 2 fully saturated rings. The maximum absolute atomic E-state index is 11.2. The second-order valence-electron chi connectivity index (χ2n) is 7.37. The Morgan fingerprint density at radius 2 is 2.16 bits per heavy atom. The number of hydrogen-bond donors (Lipinski definition) is 0. The lowest BCUT2D eigenvalue weighted by molar-refractivity contribution is -0.146. The fourth-order valence-corrected chi connectivity index (χ4v) is 6.13. The second kappa shape index (κ2) is 3.86. The topological polar surface area (TPSA) is 26.3 Å². The predicted molar refractivity (Wildman–Crippen MR) is 75.6 cm³/mol. The summed E-state index contributed by atoms with van der Waals surface area (Å²) < 4.78 is 5.44. The second-order valence-corrected chi connectivity index (χ2v) is 7.37. The van der Waals surface area contributed by atoms with Crippen molar-refractivity contribution in [2.24, 2.45) is 22.2 Å². The van der Waals surface area contributed by atoms with E-state index in [1.165, 1.54) is 39.0 Å². The lowest BCUT2D eigenvalue weighted by atomic mass is 9.56. The largest absolute Gasteiger partial charge is 0.465 e. The van der Waals surface area contributed by atoms with Crippen LogP contribution in [0.25, 0.3) is 0 Å². The van der Waals surface area contributed by atoms with Crippen LogP contribution in [-0.2, 0) is 9.53 Å². The van der Waals surface area contributed by atoms with Crippen LogP contribution in [0.2, 0.25) is 0 Å². The number of ether oxygens (including phenoxy) is 1. The van der Waals surface area contributed by atoms with Gasteiger partial charge in [0.2, 0.25) is 0 Å². The zero-order valence-corrected chi connectivity index (χ0v) is 12.7. The van der Waals surface area contributed by atoms with Gasteiger partial charge in [0.1, 0.15) is 6.61 Å². The minimum absolute atomic E-state index is 0.0456. The van der Waals surface area contributed by atoms with E-state index in [1.54, 1.807) is 5.57 Å². The summed E-state index contributed by atoms with van der Waals surface area (Å²) in [4.78, 5) is 11.2. The molecule has 3 rings (SSSR count). The van der Waals surface area contributed by atoms with Crippen LogP contribution in [0.3, 0.4) is 0 Å². The van der Waals surface area contributed by atoms with Gasteiger partial charge in [0.15, 0.2) is 0 Å². The van der Waals surface area contributed by atoms with Crippen molar-refractivity contribution in [3.05, 3.63) is 11.6 Å². The molecule has 0 saturated heterocycles. The molecule has 0 heterocycles. The zero-order valence-electron chi connectivity index (χ0n) is 12.7. The number of rotatable bonds is 2. The van der Waals surface area contributed by atoms with E-state index in [1.807, 2.05) is 0 Å². The summed E-state index contributed by atoms with van der Waals surface area (Å²) in [5.74, 6) is 0.635. The summed E-state index contributed by atoms with van der Waals surface area (Å²) in [6.45, 7) is 9.16. The van der Waals surface area contributed by atoms with Crippen molar-refractivity contribution in [3.63, 3.8) is 0 Å². The maximum Gasteiger partial charge on any atom is 0.302 e. The molecular weight excluding hydrogens is 236 g/mol. The molecule has 0 aromatic rings. The zero-order chi connectivity index (χ0) is 13.9. The van der Waals surface area contributed by atoms with Crippen LogP contribution < -0.4 is 0 Å². The van der Waals surface area contributed by atoms with Gasteiger partial charge in [-0.05, 0) is 43.9 Å². The van der Waals surface area contributed by atoms with Crippen LogP contribution in [0.1, 0.15) is 59.8 Å². The first-order valence-electron chi connectivity index (χ1n) is 7.71. The van der Waals surface area contributed by atoms with Gasteiger partial charge >= 0.3 is 5.97 Å². The van der Waals surface area contributed by atoms with Gasteiger partial charge in [0.25, 0.3) is 0 Å². The standard InChI is InChI=1S/C17H26O2/c1-12-6-9-16-7-5-8-17(12,16)13(2)10-15(16,4)11-19-14(3)18/h10,12H,5-9,11H2,1-4H3. The SMILES string of the molecule is CC(=O)OCC1(C)C=C(C)C23CCCC12CCC3C. The fourth-order valence-electron chi connectivity index (χ4n) is 6.13. The molecule has 3 aliphatic rings. The fraction of sp³-hybridized carbons (Fsp3) is 0.824. The molecule has 4 atom stereocenters. The lowest BCUT2D eigenvalue weighted by Crippen LogP contribution is -2.45. The Bertz CT molecular complexity index is 452. The Kier molecular flexibility index (Phi) is 2.69. The monoisotopic (exact) mass is 262 g/mol. The third-order valence-electron chi connectivity index (χ3n) is 6.78. The first-order chi connectivity index (χ1) is 8.88. The molecule has 2 nitrogen and oxygen atoms in total. The number of carbonyl (C=O) groups excluding carboxylic acids is 1. The molecule has 19 heavy (non-hydrogen) atoms. The van der Waals surface area contributed by atoms with Crippen molar-refractivity contribution in [3.8, 4) is 0 Å². The highest BCUT2D eigenvalue weighted by molar-refractivity contribution is 5.66. The highest BCUT2D eigenvalue weighted by atomic mass is 16.5. The Labute approximate surface area is 116 Å². The van der Waals surface area contributed by atoms with Crippen molar-refractivity contribution in [2.75, 3.05) is 6.61 Å². The normalized spacial score (nSPS) is 47.8. The van der Waals surface area contributed by atoms with Crippen molar-refractivity contribution in [1.82, 2.24) is 0 Å². The molecule has 0 N–H and O–H groups in total. The van der Waals surface area contributed by atoms with E-state index in [2.05, 4.69) is 26.8 Å². The number of esters is 1. The van der Waals surface area contributed by atoms with Gasteiger partial charge in [-0.2, -0.15) is 0 Å². The summed E-state index contributed by atoms with van der Waals surface area (Å²) in [5, 5.41) is 0. The van der Waals surface area contributed by atoms with Gasteiger partial charge < -0.3 is 4.74 Å². The van der Waals surface area contributed by atoms with Crippen molar-refractivity contribution < 1.29 is 9.53 Å². The van der Waals surface area contributed by atoms with E-state index in [0.29, 0.717) is 17.4 Å². The first-order valence-corrected chi connectivity index (χ1v) is 7.71. The molecule has 2 heteroatoms. The molecule has 0 aliphatic heterocycles. The van der Waals surface area contributed by atoms with Crippen molar-refractivity contribution in [1.29, 1.82) is 0 Å². The van der Waals surface area contributed by atoms with Gasteiger partial charge in [0.05, 0.1) is 0 Å². The molecule has 0 radical (unpaired) electrons. The molecule has 0 amide bonds. The molecule has 0 aromatic heterocycles. The number of hydrogen-bond acceptors (Lipinski definition) is 2. The molecule has 2 saturated carbocycles. The smallest absolute Gasteiger partial charge is 0.302 e. The highest BCUT2D eigenvalue weighted by Gasteiger charge is 2.71. The lowest BCUT2D eigenvalue weighted by Gasteiger charge is -2.47. The molecule has 0 aromatic carbocycles. The van der Waals surface area contributed by atoms with Crippen LogP contribution in [0, 0.1) is 22.2 Å². The summed E-state index contributed by atoms with van der Waals surface area (Å²) in [6, 6.07) is 0. The molecule has 3 aliphatic carbocycles. The molecule has 0 spiro atoms. The highest BCUT2D eigenvalue weighted by Crippen LogP contribution is 2.78. The quantitative estimate of drug-likeness (QED) is 0.553. The third-order valence-corrected chi connectivity index (χ3v) is 6.78. The Morgan fingerprint density at radius 3 is 2.84 bits per heavy atom. The van der Waals surface area contributed by atoms with Crippen LogP contribution >= 0.6 is 0 Å². The number of carbonyl (C=O) groups is 1.